The molecule has 0 amide bonds. The van der Waals surface area contributed by atoms with Gasteiger partial charge in [-0.3, -0.25) is 0 Å². The molecule has 2 nitrogen and oxygen atoms in total. The minimum Gasteiger partial charge on any atom is -0.492 e. The third-order valence-electron chi connectivity index (χ3n) is 3.37. The second-order valence-corrected chi connectivity index (χ2v) is 5.53. The van der Waals surface area contributed by atoms with Gasteiger partial charge in [-0.25, -0.2) is 0 Å². The van der Waals surface area contributed by atoms with Gasteiger partial charge in [-0.15, -0.1) is 0 Å². The number of benzene rings is 1. The third kappa shape index (κ3) is 4.69. The molecule has 1 aromatic carbocycles. The summed E-state index contributed by atoms with van der Waals surface area (Å²) in [4.78, 5) is 0. The molecule has 0 radical (unpaired) electrons. The van der Waals surface area contributed by atoms with Crippen molar-refractivity contribution in [3.8, 4) is 5.75 Å². The highest BCUT2D eigenvalue weighted by Crippen LogP contribution is 2.25. The summed E-state index contributed by atoms with van der Waals surface area (Å²) >= 11 is 0. The van der Waals surface area contributed by atoms with Crippen molar-refractivity contribution in [1.82, 2.24) is 5.32 Å². The Morgan fingerprint density at radius 2 is 1.72 bits per heavy atom. The molecule has 1 atom stereocenters. The summed E-state index contributed by atoms with van der Waals surface area (Å²) in [5.74, 6) is 2.18. The third-order valence-corrected chi connectivity index (χ3v) is 3.37. The Morgan fingerprint density at radius 1 is 1.06 bits per heavy atom. The smallest absolute Gasteiger partial charge is 0.122 e. The lowest BCUT2D eigenvalue weighted by Crippen LogP contribution is -2.33. The molecule has 102 valence electrons. The zero-order valence-electron chi connectivity index (χ0n) is 12.4. The van der Waals surface area contributed by atoms with Crippen molar-refractivity contribution in [2.24, 2.45) is 5.92 Å². The Balaban J connectivity index is 2.40. The molecule has 1 N–H and O–H groups in total. The molecular formula is C16H27NO. The molecule has 0 aromatic heterocycles. The largest absolute Gasteiger partial charge is 0.492 e. The van der Waals surface area contributed by atoms with Gasteiger partial charge in [0, 0.05) is 12.6 Å². The van der Waals surface area contributed by atoms with Crippen LogP contribution in [0.1, 0.15) is 46.1 Å². The van der Waals surface area contributed by atoms with E-state index in [1.54, 1.807) is 0 Å². The minimum absolute atomic E-state index is 0.503. The van der Waals surface area contributed by atoms with E-state index in [1.807, 2.05) is 6.07 Å². The van der Waals surface area contributed by atoms with E-state index in [0.29, 0.717) is 17.9 Å². The highest BCUT2D eigenvalue weighted by molar-refractivity contribution is 5.35. The molecule has 18 heavy (non-hydrogen) atoms. The van der Waals surface area contributed by atoms with Crippen LogP contribution < -0.4 is 10.1 Å². The van der Waals surface area contributed by atoms with Crippen molar-refractivity contribution < 1.29 is 4.74 Å². The van der Waals surface area contributed by atoms with E-state index in [0.717, 1.165) is 18.9 Å². The van der Waals surface area contributed by atoms with Crippen LogP contribution >= 0.6 is 0 Å². The molecule has 0 aliphatic heterocycles. The number of ether oxygens (including phenoxy) is 1. The second kappa shape index (κ2) is 7.42. The molecule has 1 unspecified atom stereocenters. The van der Waals surface area contributed by atoms with E-state index in [2.05, 4.69) is 58.1 Å². The van der Waals surface area contributed by atoms with Gasteiger partial charge >= 0.3 is 0 Å². The predicted molar refractivity (Wildman–Crippen MR) is 78.3 cm³/mol. The molecule has 0 bridgehead atoms. The normalized spacial score (nSPS) is 13.1. The fourth-order valence-electron chi connectivity index (χ4n) is 1.77. The fourth-order valence-corrected chi connectivity index (χ4v) is 1.77. The average molecular weight is 249 g/mol. The Hall–Kier alpha value is -1.02. The van der Waals surface area contributed by atoms with Crippen molar-refractivity contribution >= 4 is 0 Å². The first-order chi connectivity index (χ1) is 8.52. The quantitative estimate of drug-likeness (QED) is 0.742. The summed E-state index contributed by atoms with van der Waals surface area (Å²) in [6, 6.07) is 8.84. The van der Waals surface area contributed by atoms with E-state index < -0.39 is 0 Å². The summed E-state index contributed by atoms with van der Waals surface area (Å²) in [6.45, 7) is 12.7. The molecule has 2 heteroatoms. The number of rotatable bonds is 7. The Morgan fingerprint density at radius 3 is 2.33 bits per heavy atom. The molecule has 0 aliphatic rings. The SMILES string of the molecule is CC(C)c1ccccc1OCCNC(C)C(C)C. The van der Waals surface area contributed by atoms with Crippen LogP contribution in [0.5, 0.6) is 5.75 Å². The van der Waals surface area contributed by atoms with Crippen molar-refractivity contribution in [2.45, 2.75) is 46.6 Å². The number of hydrogen-bond donors (Lipinski definition) is 1. The zero-order chi connectivity index (χ0) is 13.5. The Bertz CT molecular complexity index is 347. The summed E-state index contributed by atoms with van der Waals surface area (Å²) in [5, 5.41) is 3.48. The van der Waals surface area contributed by atoms with E-state index in [9.17, 15) is 0 Å². The van der Waals surface area contributed by atoms with E-state index >= 15 is 0 Å². The van der Waals surface area contributed by atoms with Crippen molar-refractivity contribution in [2.75, 3.05) is 13.2 Å². The summed E-state index contributed by atoms with van der Waals surface area (Å²) < 4.78 is 5.87. The van der Waals surface area contributed by atoms with Crippen LogP contribution in [0.25, 0.3) is 0 Å². The van der Waals surface area contributed by atoms with Gasteiger partial charge < -0.3 is 10.1 Å². The van der Waals surface area contributed by atoms with E-state index in [-0.39, 0.29) is 0 Å². The maximum atomic E-state index is 5.87. The van der Waals surface area contributed by atoms with Crippen molar-refractivity contribution in [3.63, 3.8) is 0 Å². The lowest BCUT2D eigenvalue weighted by Gasteiger charge is -2.18. The van der Waals surface area contributed by atoms with Gasteiger partial charge in [-0.1, -0.05) is 45.9 Å². The van der Waals surface area contributed by atoms with Crippen LogP contribution in [0, 0.1) is 5.92 Å². The standard InChI is InChI=1S/C16H27NO/c1-12(2)14(5)17-10-11-18-16-9-7-6-8-15(16)13(3)4/h6-9,12-14,17H,10-11H2,1-5H3. The van der Waals surface area contributed by atoms with Crippen LogP contribution in [0.2, 0.25) is 0 Å². The van der Waals surface area contributed by atoms with Crippen LogP contribution in [-0.2, 0) is 0 Å². The zero-order valence-corrected chi connectivity index (χ0v) is 12.4. The molecule has 0 aliphatic carbocycles. The van der Waals surface area contributed by atoms with Crippen LogP contribution in [0.15, 0.2) is 24.3 Å². The van der Waals surface area contributed by atoms with Gasteiger partial charge in [0.05, 0.1) is 0 Å². The topological polar surface area (TPSA) is 21.3 Å². The van der Waals surface area contributed by atoms with E-state index in [1.165, 1.54) is 5.56 Å². The number of nitrogens with one attached hydrogen (secondary N) is 1. The fraction of sp³-hybridized carbons (Fsp3) is 0.625. The highest BCUT2D eigenvalue weighted by Gasteiger charge is 2.08. The first-order valence-electron chi connectivity index (χ1n) is 6.97. The molecular weight excluding hydrogens is 222 g/mol. The predicted octanol–water partition coefficient (Wildman–Crippen LogP) is 3.82. The molecule has 0 saturated carbocycles. The molecule has 0 saturated heterocycles. The summed E-state index contributed by atoms with van der Waals surface area (Å²) in [6.07, 6.45) is 0. The molecule has 0 heterocycles. The maximum Gasteiger partial charge on any atom is 0.122 e. The number of hydrogen-bond acceptors (Lipinski definition) is 2. The van der Waals surface area contributed by atoms with Crippen molar-refractivity contribution in [3.05, 3.63) is 29.8 Å². The first kappa shape index (κ1) is 15.0. The average Bonchev–Trinajstić information content (AvgIpc) is 2.34. The van der Waals surface area contributed by atoms with Gasteiger partial charge in [-0.2, -0.15) is 0 Å². The van der Waals surface area contributed by atoms with Gasteiger partial charge in [0.25, 0.3) is 0 Å². The Kier molecular flexibility index (Phi) is 6.20. The van der Waals surface area contributed by atoms with Crippen molar-refractivity contribution in [1.29, 1.82) is 0 Å². The van der Waals surface area contributed by atoms with Crippen LogP contribution in [0.3, 0.4) is 0 Å². The van der Waals surface area contributed by atoms with Gasteiger partial charge in [0.15, 0.2) is 0 Å². The number of para-hydroxylation sites is 1. The molecule has 1 aromatic rings. The second-order valence-electron chi connectivity index (χ2n) is 5.53. The van der Waals surface area contributed by atoms with Crippen LogP contribution in [0.4, 0.5) is 0 Å². The van der Waals surface area contributed by atoms with Gasteiger partial charge in [0.1, 0.15) is 12.4 Å². The Labute approximate surface area is 112 Å². The van der Waals surface area contributed by atoms with E-state index in [4.69, 9.17) is 4.74 Å². The molecule has 0 fully saturated rings. The minimum atomic E-state index is 0.503. The molecule has 1 rings (SSSR count). The lowest BCUT2D eigenvalue weighted by atomic mass is 10.0. The highest BCUT2D eigenvalue weighted by atomic mass is 16.5. The monoisotopic (exact) mass is 249 g/mol. The van der Waals surface area contributed by atoms with Crippen LogP contribution in [-0.4, -0.2) is 19.2 Å². The maximum absolute atomic E-state index is 5.87. The summed E-state index contributed by atoms with van der Waals surface area (Å²) in [7, 11) is 0. The molecule has 0 spiro atoms. The summed E-state index contributed by atoms with van der Waals surface area (Å²) in [5.41, 5.74) is 1.29. The van der Waals surface area contributed by atoms with Gasteiger partial charge in [-0.05, 0) is 30.4 Å². The lowest BCUT2D eigenvalue weighted by molar-refractivity contribution is 0.293. The van der Waals surface area contributed by atoms with Gasteiger partial charge in [0.2, 0.25) is 0 Å². The first-order valence-corrected chi connectivity index (χ1v) is 6.97.